The summed E-state index contributed by atoms with van der Waals surface area (Å²) in [6.07, 6.45) is 3.14. The van der Waals surface area contributed by atoms with Crippen LogP contribution in [0.25, 0.3) is 0 Å². The van der Waals surface area contributed by atoms with Gasteiger partial charge in [-0.2, -0.15) is 0 Å². The molecule has 2 aliphatic rings. The lowest BCUT2D eigenvalue weighted by atomic mass is 9.97. The molecule has 2 aromatic carbocycles. The summed E-state index contributed by atoms with van der Waals surface area (Å²) in [5.74, 6) is 2.54. The number of benzene rings is 2. The van der Waals surface area contributed by atoms with E-state index in [1.54, 1.807) is 0 Å². The Morgan fingerprint density at radius 2 is 1.88 bits per heavy atom. The Bertz CT molecular complexity index is 887. The zero-order valence-corrected chi connectivity index (χ0v) is 19.3. The second-order valence-corrected chi connectivity index (χ2v) is 8.70. The quantitative estimate of drug-likeness (QED) is 0.530. The molecule has 0 aliphatic carbocycles. The van der Waals surface area contributed by atoms with Crippen molar-refractivity contribution in [3.05, 3.63) is 59.7 Å². The molecule has 0 saturated carbocycles. The molecule has 2 N–H and O–H groups in total. The van der Waals surface area contributed by atoms with Crippen LogP contribution in [0.3, 0.4) is 0 Å². The van der Waals surface area contributed by atoms with Gasteiger partial charge in [0.1, 0.15) is 0 Å². The molecule has 4 rings (SSSR count). The monoisotopic (exact) mass is 436 g/mol. The van der Waals surface area contributed by atoms with Gasteiger partial charge in [-0.1, -0.05) is 36.4 Å². The highest BCUT2D eigenvalue weighted by Crippen LogP contribution is 2.30. The smallest absolute Gasteiger partial charge is 0.191 e. The molecule has 0 aromatic heterocycles. The summed E-state index contributed by atoms with van der Waals surface area (Å²) in [6.45, 7) is 9.41. The molecule has 1 saturated heterocycles. The standard InChI is InChI=1S/C26H36N4O2/c1-3-27-26(28-18-22-10-11-24-25(17-22)32-15-7-14-31-24)29-23-12-13-30(20(2)16-23)19-21-8-5-4-6-9-21/h4-6,8-11,17,20,23H,3,7,12-16,18-19H2,1-2H3,(H2,27,28,29). The highest BCUT2D eigenvalue weighted by Gasteiger charge is 2.26. The number of hydrogen-bond acceptors (Lipinski definition) is 4. The Morgan fingerprint density at radius 3 is 2.66 bits per heavy atom. The van der Waals surface area contributed by atoms with Crippen LogP contribution >= 0.6 is 0 Å². The van der Waals surface area contributed by atoms with E-state index >= 15 is 0 Å². The zero-order chi connectivity index (χ0) is 22.2. The summed E-state index contributed by atoms with van der Waals surface area (Å²) in [5, 5.41) is 7.08. The fraction of sp³-hybridized carbons (Fsp3) is 0.500. The van der Waals surface area contributed by atoms with Crippen molar-refractivity contribution in [3.63, 3.8) is 0 Å². The first-order chi connectivity index (χ1) is 15.7. The molecular weight excluding hydrogens is 400 g/mol. The van der Waals surface area contributed by atoms with Gasteiger partial charge >= 0.3 is 0 Å². The number of nitrogens with zero attached hydrogens (tertiary/aromatic N) is 2. The van der Waals surface area contributed by atoms with Crippen molar-refractivity contribution in [2.24, 2.45) is 4.99 Å². The summed E-state index contributed by atoms with van der Waals surface area (Å²) < 4.78 is 11.6. The minimum absolute atomic E-state index is 0.429. The predicted molar refractivity (Wildman–Crippen MR) is 129 cm³/mol. The third-order valence-corrected chi connectivity index (χ3v) is 6.16. The zero-order valence-electron chi connectivity index (χ0n) is 19.3. The second kappa shape index (κ2) is 11.2. The molecule has 0 bridgehead atoms. The fourth-order valence-electron chi connectivity index (χ4n) is 4.39. The van der Waals surface area contributed by atoms with Gasteiger partial charge < -0.3 is 20.1 Å². The summed E-state index contributed by atoms with van der Waals surface area (Å²) >= 11 is 0. The molecule has 2 atom stereocenters. The van der Waals surface area contributed by atoms with Crippen LogP contribution in [0.5, 0.6) is 11.5 Å². The molecule has 172 valence electrons. The van der Waals surface area contributed by atoms with Gasteiger partial charge in [0.2, 0.25) is 0 Å². The number of guanidine groups is 1. The molecule has 2 aromatic rings. The first-order valence-electron chi connectivity index (χ1n) is 11.9. The van der Waals surface area contributed by atoms with E-state index in [0.717, 1.165) is 61.9 Å². The molecule has 6 heteroatoms. The van der Waals surface area contributed by atoms with Crippen LogP contribution in [0.4, 0.5) is 0 Å². The highest BCUT2D eigenvalue weighted by atomic mass is 16.5. The molecular formula is C26H36N4O2. The molecule has 2 heterocycles. The lowest BCUT2D eigenvalue weighted by Gasteiger charge is -2.38. The number of ether oxygens (including phenoxy) is 2. The Kier molecular flexibility index (Phi) is 7.88. The van der Waals surface area contributed by atoms with E-state index < -0.39 is 0 Å². The SMILES string of the molecule is CCNC(=NCc1ccc2c(c1)OCCCO2)NC1CCN(Cc2ccccc2)C(C)C1. The van der Waals surface area contributed by atoms with Crippen molar-refractivity contribution in [1.29, 1.82) is 0 Å². The number of nitrogens with one attached hydrogen (secondary N) is 2. The molecule has 2 aliphatic heterocycles. The van der Waals surface area contributed by atoms with Crippen LogP contribution < -0.4 is 20.1 Å². The average molecular weight is 437 g/mol. The Labute approximate surface area is 192 Å². The van der Waals surface area contributed by atoms with Gasteiger partial charge in [-0.25, -0.2) is 4.99 Å². The predicted octanol–water partition coefficient (Wildman–Crippen LogP) is 3.96. The molecule has 2 unspecified atom stereocenters. The topological polar surface area (TPSA) is 58.1 Å². The van der Waals surface area contributed by atoms with Crippen LogP contribution in [0.15, 0.2) is 53.5 Å². The molecule has 32 heavy (non-hydrogen) atoms. The van der Waals surface area contributed by atoms with Gasteiger partial charge in [0.15, 0.2) is 17.5 Å². The number of aliphatic imine (C=N–C) groups is 1. The van der Waals surface area contributed by atoms with Crippen LogP contribution in [-0.4, -0.2) is 49.2 Å². The maximum absolute atomic E-state index is 5.82. The van der Waals surface area contributed by atoms with Gasteiger partial charge in [0.25, 0.3) is 0 Å². The van der Waals surface area contributed by atoms with Crippen LogP contribution in [-0.2, 0) is 13.1 Å². The van der Waals surface area contributed by atoms with Crippen molar-refractivity contribution >= 4 is 5.96 Å². The molecule has 1 fully saturated rings. The maximum Gasteiger partial charge on any atom is 0.191 e. The number of fused-ring (bicyclic) bond motifs is 1. The van der Waals surface area contributed by atoms with Crippen molar-refractivity contribution in [1.82, 2.24) is 15.5 Å². The van der Waals surface area contributed by atoms with Crippen LogP contribution in [0.2, 0.25) is 0 Å². The van der Waals surface area contributed by atoms with Gasteiger partial charge in [0, 0.05) is 38.1 Å². The van der Waals surface area contributed by atoms with E-state index in [2.05, 4.69) is 71.8 Å². The Morgan fingerprint density at radius 1 is 1.06 bits per heavy atom. The Balaban J connectivity index is 1.33. The number of likely N-dealkylation sites (tertiary alicyclic amines) is 1. The van der Waals surface area contributed by atoms with Gasteiger partial charge in [-0.3, -0.25) is 4.90 Å². The summed E-state index contributed by atoms with van der Waals surface area (Å²) in [5.41, 5.74) is 2.51. The van der Waals surface area contributed by atoms with E-state index in [0.29, 0.717) is 31.8 Å². The lowest BCUT2D eigenvalue weighted by Crippen LogP contribution is -2.51. The van der Waals surface area contributed by atoms with E-state index in [-0.39, 0.29) is 0 Å². The lowest BCUT2D eigenvalue weighted by molar-refractivity contribution is 0.134. The summed E-state index contributed by atoms with van der Waals surface area (Å²) in [4.78, 5) is 7.43. The van der Waals surface area contributed by atoms with Crippen LogP contribution in [0.1, 0.15) is 44.2 Å². The van der Waals surface area contributed by atoms with E-state index in [1.165, 1.54) is 5.56 Å². The average Bonchev–Trinajstić information content (AvgIpc) is 3.05. The van der Waals surface area contributed by atoms with E-state index in [4.69, 9.17) is 14.5 Å². The minimum atomic E-state index is 0.429. The second-order valence-electron chi connectivity index (χ2n) is 8.70. The number of piperidine rings is 1. The van der Waals surface area contributed by atoms with Crippen LogP contribution in [0, 0.1) is 0 Å². The normalized spacial score (nSPS) is 21.6. The number of rotatable bonds is 6. The van der Waals surface area contributed by atoms with Gasteiger partial charge in [-0.05, 0) is 49.9 Å². The van der Waals surface area contributed by atoms with E-state index in [9.17, 15) is 0 Å². The van der Waals surface area contributed by atoms with Gasteiger partial charge in [0.05, 0.1) is 19.8 Å². The first kappa shape index (κ1) is 22.5. The number of hydrogen-bond donors (Lipinski definition) is 2. The van der Waals surface area contributed by atoms with Crippen molar-refractivity contribution in [2.75, 3.05) is 26.3 Å². The Hall–Kier alpha value is -2.73. The van der Waals surface area contributed by atoms with Crippen molar-refractivity contribution in [3.8, 4) is 11.5 Å². The molecule has 6 nitrogen and oxygen atoms in total. The summed E-state index contributed by atoms with van der Waals surface area (Å²) in [6, 6.07) is 17.8. The van der Waals surface area contributed by atoms with Crippen molar-refractivity contribution < 1.29 is 9.47 Å². The first-order valence-corrected chi connectivity index (χ1v) is 11.9. The van der Waals surface area contributed by atoms with E-state index in [1.807, 2.05) is 6.07 Å². The molecule has 0 amide bonds. The third-order valence-electron chi connectivity index (χ3n) is 6.16. The minimum Gasteiger partial charge on any atom is -0.490 e. The molecule has 0 radical (unpaired) electrons. The summed E-state index contributed by atoms with van der Waals surface area (Å²) in [7, 11) is 0. The molecule has 0 spiro atoms. The third kappa shape index (κ3) is 6.16. The largest absolute Gasteiger partial charge is 0.490 e. The van der Waals surface area contributed by atoms with Gasteiger partial charge in [-0.15, -0.1) is 0 Å². The maximum atomic E-state index is 5.82. The highest BCUT2D eigenvalue weighted by molar-refractivity contribution is 5.80. The van der Waals surface area contributed by atoms with Crippen molar-refractivity contribution in [2.45, 2.75) is 58.3 Å². The fourth-order valence-corrected chi connectivity index (χ4v) is 4.39.